The maximum absolute atomic E-state index is 13.3. The van der Waals surface area contributed by atoms with Gasteiger partial charge in [0.05, 0.1) is 23.0 Å². The molecule has 0 spiro atoms. The van der Waals surface area contributed by atoms with Crippen LogP contribution in [0.4, 0.5) is 5.13 Å². The van der Waals surface area contributed by atoms with Crippen molar-refractivity contribution in [3.63, 3.8) is 0 Å². The number of carbonyl (C=O) groups is 1. The molecule has 0 aliphatic rings. The Morgan fingerprint density at radius 3 is 2.81 bits per heavy atom. The molecule has 0 N–H and O–H groups in total. The molecule has 2 aromatic carbocycles. The number of rotatable bonds is 5. The molecule has 2 aromatic heterocycles. The van der Waals surface area contributed by atoms with Crippen LogP contribution in [0.25, 0.3) is 10.2 Å². The van der Waals surface area contributed by atoms with Gasteiger partial charge in [-0.15, -0.1) is 11.8 Å². The minimum absolute atomic E-state index is 0.113. The predicted octanol–water partition coefficient (Wildman–Crippen LogP) is 6.22. The molecule has 4 rings (SSSR count). The lowest BCUT2D eigenvalue weighted by atomic mass is 10.2. The zero-order valence-corrected chi connectivity index (χ0v) is 17.6. The van der Waals surface area contributed by atoms with Gasteiger partial charge in [-0.25, -0.2) is 4.98 Å². The summed E-state index contributed by atoms with van der Waals surface area (Å²) in [5, 5.41) is 0.660. The lowest BCUT2D eigenvalue weighted by Crippen LogP contribution is -2.30. The molecule has 0 aliphatic heterocycles. The van der Waals surface area contributed by atoms with Crippen LogP contribution in [0.1, 0.15) is 16.1 Å². The van der Waals surface area contributed by atoms with Crippen molar-refractivity contribution in [1.29, 1.82) is 0 Å². The van der Waals surface area contributed by atoms with E-state index in [1.54, 1.807) is 22.9 Å². The Morgan fingerprint density at radius 2 is 2.07 bits per heavy atom. The van der Waals surface area contributed by atoms with Gasteiger partial charge in [0.1, 0.15) is 5.76 Å². The molecule has 0 saturated heterocycles. The zero-order chi connectivity index (χ0) is 18.8. The number of benzene rings is 2. The fourth-order valence-electron chi connectivity index (χ4n) is 2.75. The third kappa shape index (κ3) is 3.81. The van der Waals surface area contributed by atoms with Gasteiger partial charge in [0.2, 0.25) is 0 Å². The number of thiazole rings is 1. The van der Waals surface area contributed by atoms with Gasteiger partial charge in [0.15, 0.2) is 5.13 Å². The van der Waals surface area contributed by atoms with Crippen molar-refractivity contribution in [2.75, 3.05) is 11.2 Å². The summed E-state index contributed by atoms with van der Waals surface area (Å²) < 4.78 is 7.40. The van der Waals surface area contributed by atoms with Crippen molar-refractivity contribution < 1.29 is 9.21 Å². The first-order valence-electron chi connectivity index (χ1n) is 8.19. The second-order valence-corrected chi connectivity index (χ2v) is 8.56. The first-order chi connectivity index (χ1) is 13.2. The number of thioether (sulfide) groups is 1. The van der Waals surface area contributed by atoms with E-state index in [0.717, 1.165) is 19.6 Å². The third-order valence-corrected chi connectivity index (χ3v) is 6.34. The lowest BCUT2D eigenvalue weighted by Gasteiger charge is -2.19. The van der Waals surface area contributed by atoms with Crippen LogP contribution in [0, 0.1) is 0 Å². The number of aromatic nitrogens is 1. The maximum atomic E-state index is 13.3. The van der Waals surface area contributed by atoms with E-state index in [2.05, 4.69) is 15.9 Å². The molecule has 2 heterocycles. The zero-order valence-electron chi connectivity index (χ0n) is 14.4. The fourth-order valence-corrected chi connectivity index (χ4v) is 4.77. The highest BCUT2D eigenvalue weighted by molar-refractivity contribution is 9.10. The topological polar surface area (TPSA) is 46.3 Å². The number of hydrogen-bond donors (Lipinski definition) is 0. The molecule has 136 valence electrons. The van der Waals surface area contributed by atoms with E-state index in [1.165, 1.54) is 11.3 Å². The van der Waals surface area contributed by atoms with Crippen LogP contribution < -0.4 is 4.90 Å². The first kappa shape index (κ1) is 18.3. The van der Waals surface area contributed by atoms with Crippen molar-refractivity contribution in [2.45, 2.75) is 11.4 Å². The smallest absolute Gasteiger partial charge is 0.260 e. The largest absolute Gasteiger partial charge is 0.467 e. The molecule has 4 aromatic rings. The van der Waals surface area contributed by atoms with Crippen LogP contribution in [-0.4, -0.2) is 17.1 Å². The average molecular weight is 459 g/mol. The SMILES string of the molecule is CSc1cccc2sc(N(Cc3ccco3)C(=O)c3cccc(Br)c3)nc12. The Morgan fingerprint density at radius 1 is 1.22 bits per heavy atom. The molecule has 4 nitrogen and oxygen atoms in total. The number of hydrogen-bond acceptors (Lipinski definition) is 5. The minimum Gasteiger partial charge on any atom is -0.467 e. The number of anilines is 1. The number of amides is 1. The van der Waals surface area contributed by atoms with E-state index in [-0.39, 0.29) is 5.91 Å². The molecular formula is C20H15BrN2O2S2. The number of carbonyl (C=O) groups excluding carboxylic acids is 1. The van der Waals surface area contributed by atoms with Crippen molar-refractivity contribution in [3.05, 3.63) is 76.7 Å². The monoisotopic (exact) mass is 458 g/mol. The highest BCUT2D eigenvalue weighted by Crippen LogP contribution is 2.35. The fraction of sp³-hybridized carbons (Fsp3) is 0.100. The highest BCUT2D eigenvalue weighted by Gasteiger charge is 2.23. The molecule has 0 fully saturated rings. The van der Waals surface area contributed by atoms with Crippen molar-refractivity contribution in [2.24, 2.45) is 0 Å². The number of halogens is 1. The molecule has 0 aliphatic carbocycles. The van der Waals surface area contributed by atoms with E-state index >= 15 is 0 Å². The van der Waals surface area contributed by atoms with E-state index < -0.39 is 0 Å². The quantitative estimate of drug-likeness (QED) is 0.333. The Kier molecular flexibility index (Phi) is 5.33. The van der Waals surface area contributed by atoms with E-state index in [1.807, 2.05) is 60.9 Å². The van der Waals surface area contributed by atoms with Gasteiger partial charge in [-0.2, -0.15) is 0 Å². The molecule has 27 heavy (non-hydrogen) atoms. The van der Waals surface area contributed by atoms with Crippen LogP contribution in [-0.2, 0) is 6.54 Å². The summed E-state index contributed by atoms with van der Waals surface area (Å²) in [5.74, 6) is 0.597. The van der Waals surface area contributed by atoms with Crippen LogP contribution in [0.5, 0.6) is 0 Å². The highest BCUT2D eigenvalue weighted by atomic mass is 79.9. The summed E-state index contributed by atoms with van der Waals surface area (Å²) in [4.78, 5) is 20.8. The molecule has 0 radical (unpaired) electrons. The second-order valence-electron chi connectivity index (χ2n) is 5.78. The van der Waals surface area contributed by atoms with Gasteiger partial charge in [0, 0.05) is 14.9 Å². The Balaban J connectivity index is 1.79. The van der Waals surface area contributed by atoms with E-state index in [9.17, 15) is 4.79 Å². The molecule has 7 heteroatoms. The number of fused-ring (bicyclic) bond motifs is 1. The third-order valence-electron chi connectivity index (χ3n) is 4.03. The molecule has 0 atom stereocenters. The molecule has 0 unspecified atom stereocenters. The maximum Gasteiger partial charge on any atom is 0.260 e. The van der Waals surface area contributed by atoms with Crippen LogP contribution in [0.3, 0.4) is 0 Å². The van der Waals surface area contributed by atoms with Crippen LogP contribution >= 0.6 is 39.0 Å². The summed E-state index contributed by atoms with van der Waals surface area (Å²) in [6.45, 7) is 0.326. The summed E-state index contributed by atoms with van der Waals surface area (Å²) in [7, 11) is 0. The number of para-hydroxylation sites is 1. The summed E-state index contributed by atoms with van der Waals surface area (Å²) in [6, 6.07) is 17.2. The average Bonchev–Trinajstić information content (AvgIpc) is 3.34. The van der Waals surface area contributed by atoms with Gasteiger partial charge < -0.3 is 4.42 Å². The second kappa shape index (κ2) is 7.88. The molecular weight excluding hydrogens is 444 g/mol. The van der Waals surface area contributed by atoms with Crippen LogP contribution in [0.15, 0.2) is 74.6 Å². The molecule has 1 amide bonds. The van der Waals surface area contributed by atoms with Crippen molar-refractivity contribution in [3.8, 4) is 0 Å². The Bertz CT molecular complexity index is 1090. The van der Waals surface area contributed by atoms with Gasteiger partial charge in [-0.1, -0.05) is 39.4 Å². The number of nitrogens with zero attached hydrogens (tertiary/aromatic N) is 2. The van der Waals surface area contributed by atoms with E-state index in [0.29, 0.717) is 23.0 Å². The normalized spacial score (nSPS) is 11.0. The number of furan rings is 1. The summed E-state index contributed by atoms with van der Waals surface area (Å²) >= 11 is 6.60. The van der Waals surface area contributed by atoms with Gasteiger partial charge in [-0.05, 0) is 48.7 Å². The molecule has 0 saturated carbocycles. The Hall–Kier alpha value is -2.09. The lowest BCUT2D eigenvalue weighted by molar-refractivity contribution is 0.0983. The van der Waals surface area contributed by atoms with E-state index in [4.69, 9.17) is 9.40 Å². The first-order valence-corrected chi connectivity index (χ1v) is 11.0. The van der Waals surface area contributed by atoms with Crippen molar-refractivity contribution >= 4 is 60.3 Å². The van der Waals surface area contributed by atoms with Gasteiger partial charge in [-0.3, -0.25) is 9.69 Å². The van der Waals surface area contributed by atoms with Crippen molar-refractivity contribution in [1.82, 2.24) is 4.98 Å². The summed E-state index contributed by atoms with van der Waals surface area (Å²) in [6.07, 6.45) is 3.64. The van der Waals surface area contributed by atoms with Gasteiger partial charge in [0.25, 0.3) is 5.91 Å². The predicted molar refractivity (Wildman–Crippen MR) is 115 cm³/mol. The van der Waals surface area contributed by atoms with Crippen LogP contribution in [0.2, 0.25) is 0 Å². The van der Waals surface area contributed by atoms with Gasteiger partial charge >= 0.3 is 0 Å². The minimum atomic E-state index is -0.113. The standard InChI is InChI=1S/C20H15BrN2O2S2/c1-26-16-8-3-9-17-18(16)22-20(27-17)23(12-15-7-4-10-25-15)19(24)13-5-2-6-14(21)11-13/h2-11H,12H2,1H3. The molecule has 0 bridgehead atoms. The summed E-state index contributed by atoms with van der Waals surface area (Å²) in [5.41, 5.74) is 1.52. The Labute approximate surface area is 173 Å².